The molecule has 4 N–H and O–H groups in total. The van der Waals surface area contributed by atoms with E-state index in [1.807, 2.05) is 30.3 Å². The number of hydrazone groups is 2. The van der Waals surface area contributed by atoms with Gasteiger partial charge >= 0.3 is 5.97 Å². The van der Waals surface area contributed by atoms with Crippen molar-refractivity contribution >= 4 is 40.4 Å². The zero-order valence-electron chi connectivity index (χ0n) is 11.8. The second-order valence-corrected chi connectivity index (χ2v) is 4.27. The summed E-state index contributed by atoms with van der Waals surface area (Å²) in [6.07, 6.45) is 0. The molecule has 0 amide bonds. The van der Waals surface area contributed by atoms with Gasteiger partial charge in [-0.25, -0.2) is 4.79 Å². The molecule has 1 aromatic carbocycles. The topological polar surface area (TPSA) is 101 Å². The predicted octanol–water partition coefficient (Wildman–Crippen LogP) is 1.23. The van der Waals surface area contributed by atoms with E-state index in [0.717, 1.165) is 5.69 Å². The first kappa shape index (κ1) is 16.6. The number of nitrogens with one attached hydrogen (secondary N) is 2. The van der Waals surface area contributed by atoms with E-state index in [0.29, 0.717) is 5.71 Å². The number of hydrogen-bond donors (Lipinski definition) is 3. The maximum absolute atomic E-state index is 11.9. The van der Waals surface area contributed by atoms with Crippen LogP contribution in [0.5, 0.6) is 0 Å². The number of carbonyl (C=O) groups excluding carboxylic acids is 1. The van der Waals surface area contributed by atoms with Crippen LogP contribution in [0.4, 0.5) is 5.69 Å². The lowest BCUT2D eigenvalue weighted by atomic mass is 10.2. The molecule has 1 rings (SSSR count). The number of benzene rings is 1. The average Bonchev–Trinajstić information content (AvgIpc) is 2.46. The number of rotatable bonds is 6. The van der Waals surface area contributed by atoms with Gasteiger partial charge < -0.3 is 10.5 Å². The molecule has 0 spiro atoms. The predicted molar refractivity (Wildman–Crippen MR) is 87.2 cm³/mol. The summed E-state index contributed by atoms with van der Waals surface area (Å²) >= 11 is 4.65. The van der Waals surface area contributed by atoms with Gasteiger partial charge in [0.25, 0.3) is 0 Å². The molecular weight excluding hydrogens is 290 g/mol. The zero-order valence-corrected chi connectivity index (χ0v) is 12.6. The number of nitrogens with zero attached hydrogens (tertiary/aromatic N) is 2. The monoisotopic (exact) mass is 307 g/mol. The molecule has 0 aliphatic carbocycles. The van der Waals surface area contributed by atoms with Crippen LogP contribution < -0.4 is 16.6 Å². The molecule has 0 saturated carbocycles. The Labute approximate surface area is 128 Å². The Hall–Kier alpha value is -2.48. The van der Waals surface area contributed by atoms with Crippen LogP contribution in [0.2, 0.25) is 0 Å². The molecule has 8 heteroatoms. The standard InChI is InChI=1S/C13H17N5O2S/c1-3-20-12(19)11(9(2)15-18-13(14)21)17-16-10-7-5-4-6-8-10/h4-8,16H,3H2,1-2H3,(H3,14,18,21)/b15-9+,17-11+. The maximum Gasteiger partial charge on any atom is 0.360 e. The first-order chi connectivity index (χ1) is 10.0. The fourth-order valence-corrected chi connectivity index (χ4v) is 1.34. The van der Waals surface area contributed by atoms with Crippen molar-refractivity contribution in [2.45, 2.75) is 13.8 Å². The molecule has 0 saturated heterocycles. The second kappa shape index (κ2) is 8.64. The minimum Gasteiger partial charge on any atom is -0.461 e. The van der Waals surface area contributed by atoms with Gasteiger partial charge in [-0.05, 0) is 38.2 Å². The second-order valence-electron chi connectivity index (χ2n) is 3.83. The minimum absolute atomic E-state index is 0.00595. The summed E-state index contributed by atoms with van der Waals surface area (Å²) in [4.78, 5) is 11.9. The van der Waals surface area contributed by atoms with Gasteiger partial charge in [0, 0.05) is 0 Å². The van der Waals surface area contributed by atoms with Crippen molar-refractivity contribution in [3.63, 3.8) is 0 Å². The molecule has 0 heterocycles. The molecule has 1 aromatic rings. The molecule has 7 nitrogen and oxygen atoms in total. The van der Waals surface area contributed by atoms with E-state index in [4.69, 9.17) is 10.5 Å². The van der Waals surface area contributed by atoms with Crippen LogP contribution in [0.1, 0.15) is 13.8 Å². The van der Waals surface area contributed by atoms with Crippen LogP contribution in [0.3, 0.4) is 0 Å². The summed E-state index contributed by atoms with van der Waals surface area (Å²) in [6, 6.07) is 9.19. The fourth-order valence-electron chi connectivity index (χ4n) is 1.30. The highest BCUT2D eigenvalue weighted by atomic mass is 32.1. The Balaban J connectivity index is 2.93. The van der Waals surface area contributed by atoms with Crippen LogP contribution in [0.15, 0.2) is 40.5 Å². The van der Waals surface area contributed by atoms with Gasteiger partial charge in [0.05, 0.1) is 18.0 Å². The Kier molecular flexibility index (Phi) is 6.82. The number of ether oxygens (including phenoxy) is 1. The van der Waals surface area contributed by atoms with Crippen LogP contribution in [-0.4, -0.2) is 29.1 Å². The average molecular weight is 307 g/mol. The summed E-state index contributed by atoms with van der Waals surface area (Å²) in [7, 11) is 0. The van der Waals surface area contributed by atoms with E-state index in [-0.39, 0.29) is 17.4 Å². The Morgan fingerprint density at radius 2 is 2.00 bits per heavy atom. The van der Waals surface area contributed by atoms with E-state index < -0.39 is 5.97 Å². The fraction of sp³-hybridized carbons (Fsp3) is 0.231. The third kappa shape index (κ3) is 6.00. The molecule has 0 atom stereocenters. The van der Waals surface area contributed by atoms with Crippen molar-refractivity contribution in [1.29, 1.82) is 0 Å². The lowest BCUT2D eigenvalue weighted by molar-refractivity contribution is -0.134. The Bertz CT molecular complexity index is 557. The largest absolute Gasteiger partial charge is 0.461 e. The van der Waals surface area contributed by atoms with Gasteiger partial charge in [-0.2, -0.15) is 10.2 Å². The lowest BCUT2D eigenvalue weighted by Crippen LogP contribution is -2.30. The van der Waals surface area contributed by atoms with Crippen LogP contribution >= 0.6 is 12.2 Å². The maximum atomic E-state index is 11.9. The van der Waals surface area contributed by atoms with Gasteiger partial charge in [-0.1, -0.05) is 18.2 Å². The van der Waals surface area contributed by atoms with Gasteiger partial charge in [-0.3, -0.25) is 10.9 Å². The summed E-state index contributed by atoms with van der Waals surface area (Å²) in [5, 5.41) is 7.89. The third-order valence-corrected chi connectivity index (χ3v) is 2.31. The molecule has 0 aliphatic heterocycles. The lowest BCUT2D eigenvalue weighted by Gasteiger charge is -2.07. The van der Waals surface area contributed by atoms with E-state index >= 15 is 0 Å². The van der Waals surface area contributed by atoms with Crippen molar-refractivity contribution in [3.05, 3.63) is 30.3 Å². The van der Waals surface area contributed by atoms with E-state index in [9.17, 15) is 4.79 Å². The molecule has 112 valence electrons. The number of hydrogen-bond acceptors (Lipinski definition) is 6. The molecule has 0 fully saturated rings. The Morgan fingerprint density at radius 3 is 2.57 bits per heavy atom. The molecule has 0 unspecified atom stereocenters. The molecule has 0 aliphatic rings. The number of carbonyl (C=O) groups is 1. The van der Waals surface area contributed by atoms with E-state index in [2.05, 4.69) is 33.3 Å². The van der Waals surface area contributed by atoms with Crippen molar-refractivity contribution < 1.29 is 9.53 Å². The van der Waals surface area contributed by atoms with Crippen LogP contribution in [-0.2, 0) is 9.53 Å². The number of esters is 1. The third-order valence-electron chi connectivity index (χ3n) is 2.22. The SMILES string of the molecule is CCOC(=O)C(=N/Nc1ccccc1)/C(C)=N/NC(N)=S. The van der Waals surface area contributed by atoms with E-state index in [1.165, 1.54) is 0 Å². The Morgan fingerprint density at radius 1 is 1.33 bits per heavy atom. The summed E-state index contributed by atoms with van der Waals surface area (Å²) in [6.45, 7) is 3.53. The molecular formula is C13H17N5O2S. The van der Waals surface area contributed by atoms with E-state index in [1.54, 1.807) is 13.8 Å². The first-order valence-electron chi connectivity index (χ1n) is 6.20. The molecule has 21 heavy (non-hydrogen) atoms. The van der Waals surface area contributed by atoms with Gasteiger partial charge in [-0.15, -0.1) is 0 Å². The highest BCUT2D eigenvalue weighted by Gasteiger charge is 2.17. The highest BCUT2D eigenvalue weighted by molar-refractivity contribution is 7.80. The van der Waals surface area contributed by atoms with Crippen LogP contribution in [0, 0.1) is 0 Å². The zero-order chi connectivity index (χ0) is 15.7. The summed E-state index contributed by atoms with van der Waals surface area (Å²) in [5.41, 5.74) is 11.5. The van der Waals surface area contributed by atoms with Gasteiger partial charge in [0.15, 0.2) is 10.8 Å². The number of nitrogens with two attached hydrogens (primary N) is 1. The smallest absolute Gasteiger partial charge is 0.360 e. The molecule has 0 aromatic heterocycles. The van der Waals surface area contributed by atoms with Crippen molar-refractivity contribution in [2.24, 2.45) is 15.9 Å². The van der Waals surface area contributed by atoms with Gasteiger partial charge in [0.2, 0.25) is 0 Å². The van der Waals surface area contributed by atoms with Gasteiger partial charge in [0.1, 0.15) is 0 Å². The summed E-state index contributed by atoms with van der Waals surface area (Å²) in [5.74, 6) is -0.591. The summed E-state index contributed by atoms with van der Waals surface area (Å²) < 4.78 is 4.94. The normalized spacial score (nSPS) is 11.7. The first-order valence-corrected chi connectivity index (χ1v) is 6.61. The number of anilines is 1. The van der Waals surface area contributed by atoms with Crippen molar-refractivity contribution in [3.8, 4) is 0 Å². The number of thiocarbonyl (C=S) groups is 1. The molecule has 0 bridgehead atoms. The minimum atomic E-state index is -0.591. The quantitative estimate of drug-likeness (QED) is 0.316. The van der Waals surface area contributed by atoms with Crippen molar-refractivity contribution in [2.75, 3.05) is 12.0 Å². The van der Waals surface area contributed by atoms with Crippen molar-refractivity contribution in [1.82, 2.24) is 5.43 Å². The van der Waals surface area contributed by atoms with Crippen LogP contribution in [0.25, 0.3) is 0 Å². The highest BCUT2D eigenvalue weighted by Crippen LogP contribution is 2.05. The number of para-hydroxylation sites is 1. The molecule has 0 radical (unpaired) electrons.